The van der Waals surface area contributed by atoms with E-state index in [1.807, 2.05) is 37.3 Å². The van der Waals surface area contributed by atoms with Crippen LogP contribution in [-0.4, -0.2) is 41.6 Å². The van der Waals surface area contributed by atoms with Crippen molar-refractivity contribution in [1.82, 2.24) is 15.8 Å². The maximum Gasteiger partial charge on any atom is 0.344 e. The van der Waals surface area contributed by atoms with E-state index in [-0.39, 0.29) is 6.61 Å². The first-order valence-corrected chi connectivity index (χ1v) is 9.77. The monoisotopic (exact) mass is 411 g/mol. The Bertz CT molecular complexity index is 901. The smallest absolute Gasteiger partial charge is 0.344 e. The fraction of sp³-hybridized carbons (Fsp3) is 0.318. The van der Waals surface area contributed by atoms with Gasteiger partial charge in [-0.05, 0) is 56.5 Å². The Balaban J connectivity index is 1.52. The summed E-state index contributed by atoms with van der Waals surface area (Å²) in [5, 5.41) is 3.38. The van der Waals surface area contributed by atoms with Gasteiger partial charge in [-0.15, -0.1) is 0 Å². The van der Waals surface area contributed by atoms with Crippen molar-refractivity contribution in [2.24, 2.45) is 0 Å². The summed E-state index contributed by atoms with van der Waals surface area (Å²) in [6, 6.07) is 15.8. The molecular weight excluding hydrogens is 386 g/mol. The minimum absolute atomic E-state index is 0.341. The number of carbonyl (C=O) groups excluding carboxylic acids is 3. The Hall–Kier alpha value is -3.55. The molecule has 1 aliphatic heterocycles. The third kappa shape index (κ3) is 5.08. The second-order valence-corrected chi connectivity index (χ2v) is 7.12. The molecule has 2 N–H and O–H groups in total. The lowest BCUT2D eigenvalue weighted by molar-refractivity contribution is -0.139. The number of ether oxygens (including phenoxy) is 2. The normalized spacial score (nSPS) is 18.1. The molecule has 1 atom stereocenters. The molecule has 8 heteroatoms. The van der Waals surface area contributed by atoms with Crippen LogP contribution in [0.25, 0.3) is 0 Å². The highest BCUT2D eigenvalue weighted by Gasteiger charge is 2.48. The van der Waals surface area contributed by atoms with Crippen molar-refractivity contribution < 1.29 is 23.9 Å². The second-order valence-electron chi connectivity index (χ2n) is 7.12. The predicted octanol–water partition coefficient (Wildman–Crippen LogP) is 2.44. The lowest BCUT2D eigenvalue weighted by Gasteiger charge is -2.21. The van der Waals surface area contributed by atoms with Gasteiger partial charge < -0.3 is 14.8 Å². The van der Waals surface area contributed by atoms with Gasteiger partial charge in [-0.1, -0.05) is 30.3 Å². The Kier molecular flexibility index (Phi) is 6.56. The number of urea groups is 1. The maximum absolute atomic E-state index is 12.7. The molecule has 0 unspecified atom stereocenters. The van der Waals surface area contributed by atoms with Crippen molar-refractivity contribution >= 4 is 17.8 Å². The quantitative estimate of drug-likeness (QED) is 0.618. The molecule has 2 aromatic rings. The van der Waals surface area contributed by atoms with E-state index in [2.05, 4.69) is 10.7 Å². The van der Waals surface area contributed by atoms with Gasteiger partial charge in [0.25, 0.3) is 11.8 Å². The summed E-state index contributed by atoms with van der Waals surface area (Å²) in [6.45, 7) is 3.75. The van der Waals surface area contributed by atoms with E-state index < -0.39 is 23.4 Å². The predicted molar refractivity (Wildman–Crippen MR) is 110 cm³/mol. The lowest BCUT2D eigenvalue weighted by atomic mass is 9.93. The fourth-order valence-corrected chi connectivity index (χ4v) is 3.10. The molecule has 1 aliphatic rings. The molecule has 30 heavy (non-hydrogen) atoms. The van der Waals surface area contributed by atoms with Crippen LogP contribution in [0.5, 0.6) is 11.5 Å². The Morgan fingerprint density at radius 3 is 2.30 bits per heavy atom. The molecule has 0 aliphatic carbocycles. The van der Waals surface area contributed by atoms with Gasteiger partial charge in [0.2, 0.25) is 0 Å². The standard InChI is InChI=1S/C22H25N3O5/c1-3-29-17-9-11-18(12-10-17)30-15-19(26)24-25-20(27)22(2,23-21(25)28)14-13-16-7-5-4-6-8-16/h4-12H,3,13-15H2,1-2H3,(H,23,28)(H,24,26)/t22-/m1/s1. The maximum atomic E-state index is 12.7. The number of rotatable bonds is 9. The number of nitrogens with one attached hydrogen (secondary N) is 2. The topological polar surface area (TPSA) is 97.0 Å². The summed E-state index contributed by atoms with van der Waals surface area (Å²) in [7, 11) is 0. The first-order valence-electron chi connectivity index (χ1n) is 9.77. The molecule has 0 saturated carbocycles. The van der Waals surface area contributed by atoms with Gasteiger partial charge in [-0.3, -0.25) is 15.0 Å². The molecule has 4 amide bonds. The van der Waals surface area contributed by atoms with Crippen LogP contribution in [0.3, 0.4) is 0 Å². The van der Waals surface area contributed by atoms with Crippen molar-refractivity contribution in [1.29, 1.82) is 0 Å². The lowest BCUT2D eigenvalue weighted by Crippen LogP contribution is -2.50. The molecule has 1 saturated heterocycles. The number of aryl methyl sites for hydroxylation is 1. The largest absolute Gasteiger partial charge is 0.494 e. The van der Waals surface area contributed by atoms with Crippen molar-refractivity contribution in [3.8, 4) is 11.5 Å². The van der Waals surface area contributed by atoms with E-state index in [0.29, 0.717) is 30.9 Å². The molecule has 2 aromatic carbocycles. The molecule has 1 fully saturated rings. The van der Waals surface area contributed by atoms with E-state index >= 15 is 0 Å². The molecule has 1 heterocycles. The van der Waals surface area contributed by atoms with Gasteiger partial charge in [0, 0.05) is 0 Å². The van der Waals surface area contributed by atoms with E-state index in [1.165, 1.54) is 0 Å². The van der Waals surface area contributed by atoms with Crippen LogP contribution in [0.2, 0.25) is 0 Å². The zero-order valence-electron chi connectivity index (χ0n) is 17.0. The summed E-state index contributed by atoms with van der Waals surface area (Å²) in [6.07, 6.45) is 1.03. The van der Waals surface area contributed by atoms with Crippen LogP contribution in [0.15, 0.2) is 54.6 Å². The van der Waals surface area contributed by atoms with Crippen LogP contribution in [0.1, 0.15) is 25.8 Å². The van der Waals surface area contributed by atoms with Gasteiger partial charge in [0.05, 0.1) is 6.61 Å². The summed E-state index contributed by atoms with van der Waals surface area (Å²) in [4.78, 5) is 37.2. The summed E-state index contributed by atoms with van der Waals surface area (Å²) in [5.74, 6) is 0.0551. The summed E-state index contributed by atoms with van der Waals surface area (Å²) in [5.41, 5.74) is 2.29. The molecule has 0 aromatic heterocycles. The zero-order chi connectivity index (χ0) is 21.6. The molecular formula is C22H25N3O5. The minimum Gasteiger partial charge on any atom is -0.494 e. The highest BCUT2D eigenvalue weighted by Crippen LogP contribution is 2.22. The number of benzene rings is 2. The van der Waals surface area contributed by atoms with Gasteiger partial charge >= 0.3 is 6.03 Å². The molecule has 0 spiro atoms. The third-order valence-electron chi connectivity index (χ3n) is 4.76. The second kappa shape index (κ2) is 9.30. The van der Waals surface area contributed by atoms with Crippen LogP contribution < -0.4 is 20.2 Å². The SMILES string of the molecule is CCOc1ccc(OCC(=O)NN2C(=O)N[C@](C)(CCc3ccccc3)C2=O)cc1. The molecule has 158 valence electrons. The highest BCUT2D eigenvalue weighted by atomic mass is 16.5. The van der Waals surface area contributed by atoms with Crippen LogP contribution in [0, 0.1) is 0 Å². The van der Waals surface area contributed by atoms with E-state index in [1.54, 1.807) is 31.2 Å². The number of imide groups is 1. The van der Waals surface area contributed by atoms with E-state index in [9.17, 15) is 14.4 Å². The molecule has 8 nitrogen and oxygen atoms in total. The number of nitrogens with zero attached hydrogens (tertiary/aromatic N) is 1. The fourth-order valence-electron chi connectivity index (χ4n) is 3.10. The first-order chi connectivity index (χ1) is 14.4. The molecule has 3 rings (SSSR count). The average molecular weight is 411 g/mol. The van der Waals surface area contributed by atoms with Crippen molar-refractivity contribution in [2.45, 2.75) is 32.2 Å². The summed E-state index contributed by atoms with van der Waals surface area (Å²) >= 11 is 0. The Morgan fingerprint density at radius 1 is 1.03 bits per heavy atom. The summed E-state index contributed by atoms with van der Waals surface area (Å²) < 4.78 is 10.7. The van der Waals surface area contributed by atoms with Crippen LogP contribution in [0.4, 0.5) is 4.79 Å². The van der Waals surface area contributed by atoms with Crippen LogP contribution >= 0.6 is 0 Å². The minimum atomic E-state index is -1.09. The van der Waals surface area contributed by atoms with Gasteiger partial charge in [-0.2, -0.15) is 5.01 Å². The number of carbonyl (C=O) groups is 3. The van der Waals surface area contributed by atoms with Gasteiger partial charge in [-0.25, -0.2) is 4.79 Å². The van der Waals surface area contributed by atoms with Crippen LogP contribution in [-0.2, 0) is 16.0 Å². The van der Waals surface area contributed by atoms with E-state index in [0.717, 1.165) is 10.6 Å². The Morgan fingerprint density at radius 2 is 1.67 bits per heavy atom. The van der Waals surface area contributed by atoms with Crippen molar-refractivity contribution in [3.63, 3.8) is 0 Å². The van der Waals surface area contributed by atoms with Gasteiger partial charge in [0.15, 0.2) is 6.61 Å². The number of amides is 4. The van der Waals surface area contributed by atoms with Crippen molar-refractivity contribution in [3.05, 3.63) is 60.2 Å². The average Bonchev–Trinajstić information content (AvgIpc) is 2.96. The third-order valence-corrected chi connectivity index (χ3v) is 4.76. The van der Waals surface area contributed by atoms with Crippen molar-refractivity contribution in [2.75, 3.05) is 13.2 Å². The van der Waals surface area contributed by atoms with Gasteiger partial charge in [0.1, 0.15) is 17.0 Å². The number of hydrazine groups is 1. The Labute approximate surface area is 175 Å². The zero-order valence-corrected chi connectivity index (χ0v) is 17.0. The highest BCUT2D eigenvalue weighted by molar-refractivity contribution is 6.07. The van der Waals surface area contributed by atoms with E-state index in [4.69, 9.17) is 9.47 Å². The molecule has 0 radical (unpaired) electrons. The number of hydrogen-bond donors (Lipinski definition) is 2. The molecule has 0 bridgehead atoms. The number of hydrogen-bond acceptors (Lipinski definition) is 5. The first kappa shape index (κ1) is 21.2.